The summed E-state index contributed by atoms with van der Waals surface area (Å²) in [6.45, 7) is 7.86. The Morgan fingerprint density at radius 2 is 1.83 bits per heavy atom. The summed E-state index contributed by atoms with van der Waals surface area (Å²) in [5.41, 5.74) is 8.47. The Bertz CT molecular complexity index is 445. The summed E-state index contributed by atoms with van der Waals surface area (Å²) in [5.74, 6) is 0.742. The molecule has 18 heavy (non-hydrogen) atoms. The highest BCUT2D eigenvalue weighted by Crippen LogP contribution is 2.25. The van der Waals surface area contributed by atoms with E-state index < -0.39 is 0 Å². The van der Waals surface area contributed by atoms with E-state index in [9.17, 15) is 4.79 Å². The molecule has 0 heterocycles. The molecule has 0 aliphatic heterocycles. The Morgan fingerprint density at radius 3 is 2.33 bits per heavy atom. The molecule has 0 radical (unpaired) electrons. The van der Waals surface area contributed by atoms with Crippen LogP contribution < -0.4 is 10.5 Å². The topological polar surface area (TPSA) is 52.3 Å². The summed E-state index contributed by atoms with van der Waals surface area (Å²) in [4.78, 5) is 12.2. The standard InChI is InChI=1S/C15H23NO2/c1-10-8-12(14(18-5)9-11(10)2)13(17)6-7-15(3,4)16/h8-9H,6-7,16H2,1-5H3. The van der Waals surface area contributed by atoms with Crippen molar-refractivity contribution in [2.45, 2.75) is 46.1 Å². The highest BCUT2D eigenvalue weighted by atomic mass is 16.5. The minimum atomic E-state index is -0.317. The molecule has 3 heteroatoms. The van der Waals surface area contributed by atoms with Crippen LogP contribution in [0.3, 0.4) is 0 Å². The first-order valence-corrected chi connectivity index (χ1v) is 6.22. The quantitative estimate of drug-likeness (QED) is 0.816. The van der Waals surface area contributed by atoms with E-state index in [1.54, 1.807) is 7.11 Å². The molecular weight excluding hydrogens is 226 g/mol. The van der Waals surface area contributed by atoms with Gasteiger partial charge in [-0.1, -0.05) is 0 Å². The number of rotatable bonds is 5. The van der Waals surface area contributed by atoms with Crippen molar-refractivity contribution in [2.24, 2.45) is 5.73 Å². The second-order valence-electron chi connectivity index (χ2n) is 5.55. The molecule has 2 N–H and O–H groups in total. The summed E-state index contributed by atoms with van der Waals surface area (Å²) in [6.07, 6.45) is 1.12. The molecule has 3 nitrogen and oxygen atoms in total. The number of benzene rings is 1. The van der Waals surface area contributed by atoms with E-state index in [2.05, 4.69) is 0 Å². The lowest BCUT2D eigenvalue weighted by atomic mass is 9.94. The van der Waals surface area contributed by atoms with Crippen LogP contribution in [0, 0.1) is 13.8 Å². The number of nitrogens with two attached hydrogens (primary N) is 1. The SMILES string of the molecule is COc1cc(C)c(C)cc1C(=O)CCC(C)(C)N. The summed E-state index contributed by atoms with van der Waals surface area (Å²) in [6, 6.07) is 3.82. The van der Waals surface area contributed by atoms with Crippen LogP contribution in [0.4, 0.5) is 0 Å². The van der Waals surface area contributed by atoms with Crippen molar-refractivity contribution in [3.8, 4) is 5.75 Å². The third-order valence-electron chi connectivity index (χ3n) is 3.11. The first-order chi connectivity index (χ1) is 8.24. The highest BCUT2D eigenvalue weighted by Gasteiger charge is 2.17. The van der Waals surface area contributed by atoms with Gasteiger partial charge in [-0.15, -0.1) is 0 Å². The fourth-order valence-corrected chi connectivity index (χ4v) is 1.75. The van der Waals surface area contributed by atoms with E-state index in [4.69, 9.17) is 10.5 Å². The van der Waals surface area contributed by atoms with Gasteiger partial charge in [-0.05, 0) is 57.4 Å². The van der Waals surface area contributed by atoms with Gasteiger partial charge in [0, 0.05) is 12.0 Å². The molecule has 0 spiro atoms. The summed E-state index contributed by atoms with van der Waals surface area (Å²) in [5, 5.41) is 0. The number of aryl methyl sites for hydroxylation is 2. The van der Waals surface area contributed by atoms with E-state index in [0.29, 0.717) is 24.2 Å². The van der Waals surface area contributed by atoms with Gasteiger partial charge in [0.25, 0.3) is 0 Å². The lowest BCUT2D eigenvalue weighted by Gasteiger charge is -2.18. The van der Waals surface area contributed by atoms with E-state index in [-0.39, 0.29) is 11.3 Å². The Kier molecular flexibility index (Phi) is 4.52. The molecule has 0 atom stereocenters. The van der Waals surface area contributed by atoms with Crippen LogP contribution >= 0.6 is 0 Å². The second-order valence-corrected chi connectivity index (χ2v) is 5.55. The van der Waals surface area contributed by atoms with Gasteiger partial charge in [-0.3, -0.25) is 4.79 Å². The monoisotopic (exact) mass is 249 g/mol. The molecule has 0 aliphatic rings. The molecular formula is C15H23NO2. The fraction of sp³-hybridized carbons (Fsp3) is 0.533. The number of carbonyl (C=O) groups is 1. The van der Waals surface area contributed by atoms with Crippen molar-refractivity contribution >= 4 is 5.78 Å². The number of carbonyl (C=O) groups excluding carboxylic acids is 1. The molecule has 0 aliphatic carbocycles. The van der Waals surface area contributed by atoms with Crippen molar-refractivity contribution in [2.75, 3.05) is 7.11 Å². The fourth-order valence-electron chi connectivity index (χ4n) is 1.75. The molecule has 0 fully saturated rings. The molecule has 0 unspecified atom stereocenters. The molecule has 0 bridgehead atoms. The first-order valence-electron chi connectivity index (χ1n) is 6.22. The number of Topliss-reactive ketones (excluding diaryl/α,β-unsaturated/α-hetero) is 1. The summed E-state index contributed by atoms with van der Waals surface area (Å²) in [7, 11) is 1.59. The molecule has 1 aromatic carbocycles. The van der Waals surface area contributed by atoms with Crippen LogP contribution in [0.5, 0.6) is 5.75 Å². The Balaban J connectivity index is 2.95. The van der Waals surface area contributed by atoms with Crippen molar-refractivity contribution in [3.63, 3.8) is 0 Å². The average Bonchev–Trinajstić information content (AvgIpc) is 2.28. The third-order valence-corrected chi connectivity index (χ3v) is 3.11. The minimum Gasteiger partial charge on any atom is -0.496 e. The maximum Gasteiger partial charge on any atom is 0.166 e. The predicted octanol–water partition coefficient (Wildman–Crippen LogP) is 3.01. The molecule has 0 aromatic heterocycles. The molecule has 100 valence electrons. The normalized spacial score (nSPS) is 11.4. The van der Waals surface area contributed by atoms with Crippen molar-refractivity contribution in [3.05, 3.63) is 28.8 Å². The van der Waals surface area contributed by atoms with Crippen molar-refractivity contribution < 1.29 is 9.53 Å². The van der Waals surface area contributed by atoms with Crippen LogP contribution in [0.2, 0.25) is 0 Å². The summed E-state index contributed by atoms with van der Waals surface area (Å²) >= 11 is 0. The number of ketones is 1. The molecule has 0 saturated heterocycles. The first kappa shape index (κ1) is 14.7. The Labute approximate surface area is 109 Å². The Hall–Kier alpha value is -1.35. The smallest absolute Gasteiger partial charge is 0.166 e. The number of hydrogen-bond donors (Lipinski definition) is 1. The van der Waals surface area contributed by atoms with Gasteiger partial charge in [-0.25, -0.2) is 0 Å². The molecule has 0 amide bonds. The van der Waals surface area contributed by atoms with Crippen LogP contribution in [0.1, 0.15) is 48.2 Å². The zero-order valence-electron chi connectivity index (χ0n) is 12.0. The minimum absolute atomic E-state index is 0.0912. The van der Waals surface area contributed by atoms with Crippen molar-refractivity contribution in [1.82, 2.24) is 0 Å². The maximum atomic E-state index is 12.2. The number of methoxy groups -OCH3 is 1. The highest BCUT2D eigenvalue weighted by molar-refractivity contribution is 5.99. The van der Waals surface area contributed by atoms with Gasteiger partial charge < -0.3 is 10.5 Å². The van der Waals surface area contributed by atoms with Crippen LogP contribution in [0.25, 0.3) is 0 Å². The van der Waals surface area contributed by atoms with E-state index >= 15 is 0 Å². The second kappa shape index (κ2) is 5.53. The van der Waals surface area contributed by atoms with Crippen LogP contribution in [-0.2, 0) is 0 Å². The van der Waals surface area contributed by atoms with Gasteiger partial charge in [0.2, 0.25) is 0 Å². The van der Waals surface area contributed by atoms with Gasteiger partial charge in [0.15, 0.2) is 5.78 Å². The molecule has 0 saturated carbocycles. The number of ether oxygens (including phenoxy) is 1. The largest absolute Gasteiger partial charge is 0.496 e. The van der Waals surface area contributed by atoms with E-state index in [0.717, 1.165) is 11.1 Å². The zero-order chi connectivity index (χ0) is 13.9. The number of hydrogen-bond acceptors (Lipinski definition) is 3. The van der Waals surface area contributed by atoms with Gasteiger partial charge in [-0.2, -0.15) is 0 Å². The Morgan fingerprint density at radius 1 is 1.28 bits per heavy atom. The van der Waals surface area contributed by atoms with Crippen LogP contribution in [0.15, 0.2) is 12.1 Å². The predicted molar refractivity (Wildman–Crippen MR) is 74.3 cm³/mol. The van der Waals surface area contributed by atoms with Crippen LogP contribution in [-0.4, -0.2) is 18.4 Å². The zero-order valence-corrected chi connectivity index (χ0v) is 12.0. The van der Waals surface area contributed by atoms with E-state index in [1.807, 2.05) is 39.8 Å². The molecule has 1 aromatic rings. The summed E-state index contributed by atoms with van der Waals surface area (Å²) < 4.78 is 5.28. The average molecular weight is 249 g/mol. The lowest BCUT2D eigenvalue weighted by molar-refractivity contribution is 0.0969. The van der Waals surface area contributed by atoms with E-state index in [1.165, 1.54) is 0 Å². The maximum absolute atomic E-state index is 12.2. The van der Waals surface area contributed by atoms with Gasteiger partial charge in [0.1, 0.15) is 5.75 Å². The lowest BCUT2D eigenvalue weighted by Crippen LogP contribution is -2.32. The van der Waals surface area contributed by atoms with Crippen molar-refractivity contribution in [1.29, 1.82) is 0 Å². The van der Waals surface area contributed by atoms with Gasteiger partial charge >= 0.3 is 0 Å². The molecule has 1 rings (SSSR count). The van der Waals surface area contributed by atoms with Gasteiger partial charge in [0.05, 0.1) is 12.7 Å². The third kappa shape index (κ3) is 3.84.